The molecule has 0 bridgehead atoms. The van der Waals surface area contributed by atoms with Gasteiger partial charge in [0, 0.05) is 16.6 Å². The summed E-state index contributed by atoms with van der Waals surface area (Å²) in [6.07, 6.45) is 0.738. The Morgan fingerprint density at radius 2 is 1.69 bits per heavy atom. The van der Waals surface area contributed by atoms with Gasteiger partial charge in [0.1, 0.15) is 5.58 Å². The van der Waals surface area contributed by atoms with Gasteiger partial charge >= 0.3 is 5.97 Å². The maximum Gasteiger partial charge on any atom is 0.311 e. The van der Waals surface area contributed by atoms with Gasteiger partial charge in [-0.25, -0.2) is 0 Å². The van der Waals surface area contributed by atoms with Crippen LogP contribution in [-0.2, 0) is 20.7 Å². The first-order valence-corrected chi connectivity index (χ1v) is 9.72. The van der Waals surface area contributed by atoms with Crippen LogP contribution in [-0.4, -0.2) is 18.0 Å². The zero-order chi connectivity index (χ0) is 21.3. The summed E-state index contributed by atoms with van der Waals surface area (Å²) in [7, 11) is 0. The molecule has 0 spiro atoms. The van der Waals surface area contributed by atoms with E-state index in [0.29, 0.717) is 0 Å². The number of fused-ring (bicyclic) bond motifs is 1. The van der Waals surface area contributed by atoms with Crippen molar-refractivity contribution in [2.24, 2.45) is 0 Å². The third-order valence-corrected chi connectivity index (χ3v) is 5.28. The highest BCUT2D eigenvalue weighted by atomic mass is 16.5. The van der Waals surface area contributed by atoms with E-state index < -0.39 is 12.1 Å². The molecule has 1 amide bonds. The molecule has 0 aliphatic rings. The number of amides is 1. The van der Waals surface area contributed by atoms with Crippen molar-refractivity contribution in [1.82, 2.24) is 0 Å². The van der Waals surface area contributed by atoms with Crippen LogP contribution in [0.15, 0.2) is 34.9 Å². The Balaban J connectivity index is 1.67. The summed E-state index contributed by atoms with van der Waals surface area (Å²) in [4.78, 5) is 24.9. The summed E-state index contributed by atoms with van der Waals surface area (Å²) in [6, 6.07) is 7.97. The molecule has 3 aromatic rings. The molecule has 0 unspecified atom stereocenters. The molecule has 1 atom stereocenters. The first-order valence-electron chi connectivity index (χ1n) is 9.72. The number of aryl methyl sites for hydroxylation is 5. The second-order valence-corrected chi connectivity index (χ2v) is 7.72. The fourth-order valence-corrected chi connectivity index (χ4v) is 3.58. The van der Waals surface area contributed by atoms with Crippen LogP contribution in [0.25, 0.3) is 11.0 Å². The normalized spacial score (nSPS) is 12.1. The molecular weight excluding hydrogens is 366 g/mol. The average Bonchev–Trinajstić information content (AvgIpc) is 3.04. The summed E-state index contributed by atoms with van der Waals surface area (Å²) in [5.41, 5.74) is 7.57. The lowest BCUT2D eigenvalue weighted by Gasteiger charge is -2.16. The van der Waals surface area contributed by atoms with Crippen molar-refractivity contribution in [3.05, 3.63) is 63.9 Å². The van der Waals surface area contributed by atoms with Gasteiger partial charge in [-0.1, -0.05) is 29.8 Å². The molecule has 0 aliphatic carbocycles. The maximum atomic E-state index is 12.5. The van der Waals surface area contributed by atoms with Crippen molar-refractivity contribution in [1.29, 1.82) is 0 Å². The molecule has 152 valence electrons. The molecule has 5 heteroatoms. The van der Waals surface area contributed by atoms with E-state index in [4.69, 9.17) is 9.15 Å². The molecule has 0 saturated carbocycles. The van der Waals surface area contributed by atoms with Gasteiger partial charge in [-0.2, -0.15) is 0 Å². The van der Waals surface area contributed by atoms with E-state index in [1.807, 2.05) is 58.9 Å². The number of carbonyl (C=O) groups excluding carboxylic acids is 2. The van der Waals surface area contributed by atoms with Gasteiger partial charge in [-0.3, -0.25) is 9.59 Å². The highest BCUT2D eigenvalue weighted by Crippen LogP contribution is 2.27. The van der Waals surface area contributed by atoms with E-state index in [2.05, 4.69) is 5.32 Å². The van der Waals surface area contributed by atoms with Gasteiger partial charge in [0.05, 0.1) is 12.7 Å². The monoisotopic (exact) mass is 393 g/mol. The van der Waals surface area contributed by atoms with Crippen molar-refractivity contribution in [3.63, 3.8) is 0 Å². The third kappa shape index (κ3) is 4.34. The number of furan rings is 1. The standard InChI is InChI=1S/C24H27NO4/c1-13-9-15(3)22(16(4)10-13)25-24(27)18(6)29-21(26)11-19-12-28-23-17(5)14(2)7-8-20(19)23/h7-10,12,18H,11H2,1-6H3,(H,25,27)/t18-/m1/s1. The molecule has 3 rings (SSSR count). The van der Waals surface area contributed by atoms with Gasteiger partial charge in [0.25, 0.3) is 5.91 Å². The minimum absolute atomic E-state index is 0.0513. The van der Waals surface area contributed by atoms with E-state index in [9.17, 15) is 9.59 Å². The molecule has 2 aromatic carbocycles. The summed E-state index contributed by atoms with van der Waals surface area (Å²) >= 11 is 0. The Bertz CT molecular complexity index is 1070. The van der Waals surface area contributed by atoms with Crippen LogP contribution in [0.4, 0.5) is 5.69 Å². The lowest BCUT2D eigenvalue weighted by Crippen LogP contribution is -2.31. The molecule has 1 N–H and O–H groups in total. The molecule has 1 aromatic heterocycles. The van der Waals surface area contributed by atoms with Crippen LogP contribution in [0.2, 0.25) is 0 Å². The average molecular weight is 393 g/mol. The molecule has 29 heavy (non-hydrogen) atoms. The number of anilines is 1. The van der Waals surface area contributed by atoms with Crippen molar-refractivity contribution >= 4 is 28.5 Å². The van der Waals surface area contributed by atoms with Gasteiger partial charge in [-0.05, 0) is 63.8 Å². The molecule has 1 heterocycles. The van der Waals surface area contributed by atoms with E-state index in [-0.39, 0.29) is 12.3 Å². The minimum Gasteiger partial charge on any atom is -0.464 e. The molecule has 0 fully saturated rings. The van der Waals surface area contributed by atoms with Crippen LogP contribution in [0, 0.1) is 34.6 Å². The Morgan fingerprint density at radius 1 is 1.03 bits per heavy atom. The number of esters is 1. The number of nitrogens with one attached hydrogen (secondary N) is 1. The fraction of sp³-hybridized carbons (Fsp3) is 0.333. The Hall–Kier alpha value is -3.08. The highest BCUT2D eigenvalue weighted by Gasteiger charge is 2.21. The number of benzene rings is 2. The predicted molar refractivity (Wildman–Crippen MR) is 114 cm³/mol. The summed E-state index contributed by atoms with van der Waals surface area (Å²) in [5, 5.41) is 3.77. The zero-order valence-corrected chi connectivity index (χ0v) is 17.8. The van der Waals surface area contributed by atoms with Crippen LogP contribution in [0.5, 0.6) is 0 Å². The maximum absolute atomic E-state index is 12.5. The lowest BCUT2D eigenvalue weighted by atomic mass is 10.0. The Morgan fingerprint density at radius 3 is 2.34 bits per heavy atom. The number of hydrogen-bond acceptors (Lipinski definition) is 4. The number of carbonyl (C=O) groups is 2. The Kier molecular flexibility index (Phi) is 5.78. The van der Waals surface area contributed by atoms with Gasteiger partial charge in [0.2, 0.25) is 0 Å². The van der Waals surface area contributed by atoms with Gasteiger partial charge in [0.15, 0.2) is 6.10 Å². The van der Waals surface area contributed by atoms with Crippen molar-refractivity contribution in [3.8, 4) is 0 Å². The second-order valence-electron chi connectivity index (χ2n) is 7.72. The van der Waals surface area contributed by atoms with Gasteiger partial charge < -0.3 is 14.5 Å². The van der Waals surface area contributed by atoms with Crippen LogP contribution in [0.1, 0.15) is 40.3 Å². The molecular formula is C24H27NO4. The molecule has 0 radical (unpaired) electrons. The summed E-state index contributed by atoms with van der Waals surface area (Å²) < 4.78 is 11.0. The van der Waals surface area contributed by atoms with Crippen molar-refractivity contribution in [2.75, 3.05) is 5.32 Å². The molecule has 0 aliphatic heterocycles. The smallest absolute Gasteiger partial charge is 0.311 e. The number of hydrogen-bond donors (Lipinski definition) is 1. The highest BCUT2D eigenvalue weighted by molar-refractivity contribution is 5.96. The Labute approximate surface area is 171 Å². The quantitative estimate of drug-likeness (QED) is 0.613. The van der Waals surface area contributed by atoms with E-state index in [1.165, 1.54) is 0 Å². The SMILES string of the molecule is Cc1cc(C)c(NC(=O)[C@@H](C)OC(=O)Cc2coc3c(C)c(C)ccc23)c(C)c1. The predicted octanol–water partition coefficient (Wildman–Crippen LogP) is 5.09. The first kappa shape index (κ1) is 20.6. The first-order chi connectivity index (χ1) is 13.7. The number of ether oxygens (including phenoxy) is 1. The zero-order valence-electron chi connectivity index (χ0n) is 17.8. The third-order valence-electron chi connectivity index (χ3n) is 5.28. The van der Waals surface area contributed by atoms with Crippen molar-refractivity contribution < 1.29 is 18.7 Å². The van der Waals surface area contributed by atoms with Crippen LogP contribution in [0.3, 0.4) is 0 Å². The summed E-state index contributed by atoms with van der Waals surface area (Å²) in [5.74, 6) is -0.817. The summed E-state index contributed by atoms with van der Waals surface area (Å²) in [6.45, 7) is 11.5. The van der Waals surface area contributed by atoms with Gasteiger partial charge in [-0.15, -0.1) is 0 Å². The molecule has 5 nitrogen and oxygen atoms in total. The van der Waals surface area contributed by atoms with Crippen LogP contribution < -0.4 is 5.32 Å². The van der Waals surface area contributed by atoms with Crippen LogP contribution >= 0.6 is 0 Å². The number of rotatable bonds is 5. The lowest BCUT2D eigenvalue weighted by molar-refractivity contribution is -0.152. The van der Waals surface area contributed by atoms with E-state index >= 15 is 0 Å². The second kappa shape index (κ2) is 8.11. The van der Waals surface area contributed by atoms with E-state index in [1.54, 1.807) is 13.2 Å². The topological polar surface area (TPSA) is 68.5 Å². The molecule has 0 saturated heterocycles. The minimum atomic E-state index is -0.898. The van der Waals surface area contributed by atoms with E-state index in [0.717, 1.165) is 50.0 Å². The fourth-order valence-electron chi connectivity index (χ4n) is 3.58. The van der Waals surface area contributed by atoms with Crippen molar-refractivity contribution in [2.45, 2.75) is 54.1 Å². The largest absolute Gasteiger partial charge is 0.464 e.